The van der Waals surface area contributed by atoms with Crippen LogP contribution in [0.4, 0.5) is 0 Å². The number of furan rings is 1. The number of piperidine rings is 1. The van der Waals surface area contributed by atoms with Gasteiger partial charge in [0, 0.05) is 43.7 Å². The predicted octanol–water partition coefficient (Wildman–Crippen LogP) is 3.54. The maximum atomic E-state index is 13.2. The van der Waals surface area contributed by atoms with Crippen molar-refractivity contribution >= 4 is 16.9 Å². The number of fused-ring (bicyclic) bond motifs is 1. The highest BCUT2D eigenvalue weighted by molar-refractivity contribution is 5.99. The molecule has 0 radical (unpaired) electrons. The molecule has 0 spiro atoms. The summed E-state index contributed by atoms with van der Waals surface area (Å²) in [6, 6.07) is 4.18. The quantitative estimate of drug-likeness (QED) is 0.829. The Morgan fingerprint density at radius 2 is 1.89 bits per heavy atom. The Morgan fingerprint density at radius 1 is 1.11 bits per heavy atom. The lowest BCUT2D eigenvalue weighted by Crippen LogP contribution is -2.46. The van der Waals surface area contributed by atoms with E-state index in [0.717, 1.165) is 74.5 Å². The van der Waals surface area contributed by atoms with Crippen molar-refractivity contribution in [1.29, 1.82) is 0 Å². The SMILES string of the molecule is Cc1ccc2c(C)c(C(=O)N3CCCC(CN4CCOCC4)C3)oc2c1C. The van der Waals surface area contributed by atoms with Crippen molar-refractivity contribution in [3.05, 3.63) is 34.6 Å². The molecule has 0 N–H and O–H groups in total. The van der Waals surface area contributed by atoms with E-state index in [0.29, 0.717) is 11.7 Å². The molecule has 2 saturated heterocycles. The molecule has 0 saturated carbocycles. The molecule has 3 heterocycles. The third-order valence-corrected chi connectivity index (χ3v) is 6.25. The van der Waals surface area contributed by atoms with Crippen LogP contribution in [0.15, 0.2) is 16.5 Å². The van der Waals surface area contributed by atoms with Gasteiger partial charge in [-0.15, -0.1) is 0 Å². The van der Waals surface area contributed by atoms with Crippen molar-refractivity contribution in [3.8, 4) is 0 Å². The van der Waals surface area contributed by atoms with Gasteiger partial charge in [0.25, 0.3) is 5.91 Å². The van der Waals surface area contributed by atoms with Crippen LogP contribution in [0.5, 0.6) is 0 Å². The van der Waals surface area contributed by atoms with E-state index >= 15 is 0 Å². The highest BCUT2D eigenvalue weighted by Crippen LogP contribution is 2.31. The van der Waals surface area contributed by atoms with Gasteiger partial charge in [-0.05, 0) is 50.7 Å². The largest absolute Gasteiger partial charge is 0.450 e. The molecule has 5 heteroatoms. The van der Waals surface area contributed by atoms with Crippen molar-refractivity contribution in [3.63, 3.8) is 0 Å². The lowest BCUT2D eigenvalue weighted by molar-refractivity contribution is 0.0220. The highest BCUT2D eigenvalue weighted by atomic mass is 16.5. The first-order valence-corrected chi connectivity index (χ1v) is 10.1. The zero-order valence-corrected chi connectivity index (χ0v) is 16.7. The van der Waals surface area contributed by atoms with Crippen molar-refractivity contribution in [1.82, 2.24) is 9.80 Å². The summed E-state index contributed by atoms with van der Waals surface area (Å²) >= 11 is 0. The normalized spacial score (nSPS) is 21.7. The van der Waals surface area contributed by atoms with Gasteiger partial charge in [-0.2, -0.15) is 0 Å². The molecule has 1 unspecified atom stereocenters. The Kier molecular flexibility index (Phi) is 5.24. The number of morpholine rings is 1. The second-order valence-electron chi connectivity index (χ2n) is 8.11. The molecule has 1 aromatic heterocycles. The lowest BCUT2D eigenvalue weighted by Gasteiger charge is -2.36. The predicted molar refractivity (Wildman–Crippen MR) is 106 cm³/mol. The fourth-order valence-electron chi connectivity index (χ4n) is 4.41. The summed E-state index contributed by atoms with van der Waals surface area (Å²) in [5.74, 6) is 1.10. The Balaban J connectivity index is 1.51. The van der Waals surface area contributed by atoms with Crippen LogP contribution in [-0.2, 0) is 4.74 Å². The number of rotatable bonds is 3. The van der Waals surface area contributed by atoms with Crippen LogP contribution in [-0.4, -0.2) is 61.6 Å². The minimum absolute atomic E-state index is 0.0485. The summed E-state index contributed by atoms with van der Waals surface area (Å²) < 4.78 is 11.5. The topological polar surface area (TPSA) is 45.9 Å². The van der Waals surface area contributed by atoms with Crippen LogP contribution >= 0.6 is 0 Å². The summed E-state index contributed by atoms with van der Waals surface area (Å²) in [5.41, 5.74) is 4.14. The van der Waals surface area contributed by atoms with Crippen LogP contribution in [0.25, 0.3) is 11.0 Å². The van der Waals surface area contributed by atoms with Crippen LogP contribution in [0.3, 0.4) is 0 Å². The number of aryl methyl sites for hydroxylation is 3. The Morgan fingerprint density at radius 3 is 2.67 bits per heavy atom. The van der Waals surface area contributed by atoms with E-state index in [9.17, 15) is 4.79 Å². The molecule has 4 rings (SSSR count). The monoisotopic (exact) mass is 370 g/mol. The van der Waals surface area contributed by atoms with Gasteiger partial charge >= 0.3 is 0 Å². The summed E-state index contributed by atoms with van der Waals surface area (Å²) in [4.78, 5) is 17.7. The van der Waals surface area contributed by atoms with E-state index in [-0.39, 0.29) is 5.91 Å². The average molecular weight is 370 g/mol. The average Bonchev–Trinajstić information content (AvgIpc) is 3.02. The van der Waals surface area contributed by atoms with Crippen molar-refractivity contribution < 1.29 is 13.9 Å². The van der Waals surface area contributed by atoms with E-state index in [1.54, 1.807) is 0 Å². The Labute approximate surface area is 161 Å². The number of carbonyl (C=O) groups is 1. The van der Waals surface area contributed by atoms with E-state index in [1.807, 2.05) is 11.8 Å². The molecular formula is C22H30N2O3. The van der Waals surface area contributed by atoms with Crippen molar-refractivity contribution in [2.45, 2.75) is 33.6 Å². The summed E-state index contributed by atoms with van der Waals surface area (Å²) in [5, 5.41) is 1.06. The maximum absolute atomic E-state index is 13.2. The molecule has 5 nitrogen and oxygen atoms in total. The number of benzene rings is 1. The van der Waals surface area contributed by atoms with Gasteiger partial charge in [0.2, 0.25) is 0 Å². The molecule has 1 aromatic carbocycles. The zero-order valence-electron chi connectivity index (χ0n) is 16.7. The van der Waals surface area contributed by atoms with E-state index < -0.39 is 0 Å². The number of hydrogen-bond acceptors (Lipinski definition) is 4. The number of amides is 1. The second kappa shape index (κ2) is 7.64. The van der Waals surface area contributed by atoms with Gasteiger partial charge in [-0.1, -0.05) is 12.1 Å². The number of ether oxygens (including phenoxy) is 1. The molecule has 27 heavy (non-hydrogen) atoms. The molecular weight excluding hydrogens is 340 g/mol. The standard InChI is InChI=1S/C22H30N2O3/c1-15-6-7-19-17(3)21(27-20(19)16(15)2)22(25)24-8-4-5-18(14-24)13-23-9-11-26-12-10-23/h6-7,18H,4-5,8-14H2,1-3H3. The number of hydrogen-bond donors (Lipinski definition) is 0. The maximum Gasteiger partial charge on any atom is 0.289 e. The lowest BCUT2D eigenvalue weighted by atomic mass is 9.96. The smallest absolute Gasteiger partial charge is 0.289 e. The molecule has 2 aliphatic heterocycles. The Bertz CT molecular complexity index is 836. The second-order valence-corrected chi connectivity index (χ2v) is 8.11. The minimum Gasteiger partial charge on any atom is -0.450 e. The zero-order chi connectivity index (χ0) is 19.0. The van der Waals surface area contributed by atoms with Gasteiger partial charge in [-0.25, -0.2) is 0 Å². The first kappa shape index (κ1) is 18.5. The molecule has 146 valence electrons. The number of likely N-dealkylation sites (tertiary alicyclic amines) is 1. The van der Waals surface area contributed by atoms with Gasteiger partial charge in [0.15, 0.2) is 5.76 Å². The van der Waals surface area contributed by atoms with Crippen LogP contribution < -0.4 is 0 Å². The van der Waals surface area contributed by atoms with Gasteiger partial charge in [0.1, 0.15) is 5.58 Å². The van der Waals surface area contributed by atoms with Crippen molar-refractivity contribution in [2.24, 2.45) is 5.92 Å². The molecule has 1 amide bonds. The van der Waals surface area contributed by atoms with Crippen LogP contribution in [0.1, 0.15) is 40.1 Å². The third-order valence-electron chi connectivity index (χ3n) is 6.25. The molecule has 1 atom stereocenters. The molecule has 2 aromatic rings. The molecule has 0 aliphatic carbocycles. The van der Waals surface area contributed by atoms with Gasteiger partial charge in [0.05, 0.1) is 13.2 Å². The fraction of sp³-hybridized carbons (Fsp3) is 0.591. The minimum atomic E-state index is 0.0485. The fourth-order valence-corrected chi connectivity index (χ4v) is 4.41. The van der Waals surface area contributed by atoms with E-state index in [2.05, 4.69) is 30.9 Å². The van der Waals surface area contributed by atoms with Crippen LogP contribution in [0, 0.1) is 26.7 Å². The summed E-state index contributed by atoms with van der Waals surface area (Å²) in [6.45, 7) is 12.5. The number of carbonyl (C=O) groups excluding carboxylic acids is 1. The van der Waals surface area contributed by atoms with Gasteiger partial charge in [-0.3, -0.25) is 9.69 Å². The van der Waals surface area contributed by atoms with E-state index in [1.165, 1.54) is 12.0 Å². The van der Waals surface area contributed by atoms with Crippen molar-refractivity contribution in [2.75, 3.05) is 45.9 Å². The highest BCUT2D eigenvalue weighted by Gasteiger charge is 2.29. The molecule has 2 aliphatic rings. The summed E-state index contributed by atoms with van der Waals surface area (Å²) in [7, 11) is 0. The number of nitrogens with zero attached hydrogens (tertiary/aromatic N) is 2. The van der Waals surface area contributed by atoms with Crippen LogP contribution in [0.2, 0.25) is 0 Å². The third kappa shape index (κ3) is 3.63. The first-order chi connectivity index (χ1) is 13.0. The molecule has 2 fully saturated rings. The summed E-state index contributed by atoms with van der Waals surface area (Å²) in [6.07, 6.45) is 2.26. The van der Waals surface area contributed by atoms with E-state index in [4.69, 9.17) is 9.15 Å². The first-order valence-electron chi connectivity index (χ1n) is 10.1. The molecule has 0 bridgehead atoms. The van der Waals surface area contributed by atoms with Gasteiger partial charge < -0.3 is 14.1 Å². The Hall–Kier alpha value is -1.85.